The first-order valence-electron chi connectivity index (χ1n) is 11.7. The second-order valence-corrected chi connectivity index (χ2v) is 12.3. The maximum atomic E-state index is 13.8. The van der Waals surface area contributed by atoms with Crippen molar-refractivity contribution in [1.29, 1.82) is 0 Å². The molecule has 0 aliphatic heterocycles. The van der Waals surface area contributed by atoms with E-state index in [9.17, 15) is 9.36 Å². The van der Waals surface area contributed by atoms with Crippen LogP contribution in [0.1, 0.15) is 38.2 Å². The van der Waals surface area contributed by atoms with Gasteiger partial charge in [-0.3, -0.25) is 9.36 Å². The maximum Gasteiger partial charge on any atom is 0.323 e. The van der Waals surface area contributed by atoms with Crippen LogP contribution in [0.15, 0.2) is 60.0 Å². The van der Waals surface area contributed by atoms with E-state index in [-0.39, 0.29) is 18.6 Å². The predicted octanol–water partition coefficient (Wildman–Crippen LogP) is 6.07. The van der Waals surface area contributed by atoms with Crippen molar-refractivity contribution in [3.63, 3.8) is 0 Å². The van der Waals surface area contributed by atoms with Gasteiger partial charge in [-0.05, 0) is 50.7 Å². The van der Waals surface area contributed by atoms with Crippen LogP contribution in [-0.2, 0) is 18.8 Å². The fourth-order valence-corrected chi connectivity index (χ4v) is 6.51. The lowest BCUT2D eigenvalue weighted by atomic mass is 10.1. The number of thiophene rings is 1. The molecule has 1 unspecified atom stereocenters. The van der Waals surface area contributed by atoms with Crippen LogP contribution in [0.4, 0.5) is 0 Å². The highest BCUT2D eigenvalue weighted by molar-refractivity contribution is 7.59. The zero-order valence-corrected chi connectivity index (χ0v) is 22.7. The highest BCUT2D eigenvalue weighted by atomic mass is 32.1. The van der Waals surface area contributed by atoms with Gasteiger partial charge < -0.3 is 14.2 Å². The first kappa shape index (κ1) is 27.4. The van der Waals surface area contributed by atoms with Gasteiger partial charge in [0.05, 0.1) is 6.10 Å². The van der Waals surface area contributed by atoms with Crippen LogP contribution in [0.2, 0.25) is 0 Å². The normalized spacial score (nSPS) is 15.2. The molecule has 0 aliphatic carbocycles. The summed E-state index contributed by atoms with van der Waals surface area (Å²) in [5.74, 6) is 0.368. The number of nitrogens with one attached hydrogen (secondary N) is 1. The van der Waals surface area contributed by atoms with E-state index < -0.39 is 19.5 Å². The lowest BCUT2D eigenvalue weighted by Crippen LogP contribution is -2.39. The number of rotatable bonds is 13. The molecule has 2 aromatic carbocycles. The van der Waals surface area contributed by atoms with Crippen LogP contribution < -0.4 is 9.82 Å². The summed E-state index contributed by atoms with van der Waals surface area (Å²) in [6, 6.07) is 17.5. The van der Waals surface area contributed by atoms with Crippen molar-refractivity contribution in [2.24, 2.45) is 0 Å². The highest BCUT2D eigenvalue weighted by Gasteiger charge is 2.33. The number of esters is 1. The van der Waals surface area contributed by atoms with Crippen LogP contribution in [0.3, 0.4) is 0 Å². The molecule has 1 N–H and O–H groups in total. The van der Waals surface area contributed by atoms with Gasteiger partial charge in [-0.15, -0.1) is 11.3 Å². The van der Waals surface area contributed by atoms with Gasteiger partial charge in [0, 0.05) is 30.3 Å². The van der Waals surface area contributed by atoms with Crippen LogP contribution in [0.5, 0.6) is 5.75 Å². The first-order valence-corrected chi connectivity index (χ1v) is 14.4. The monoisotopic (exact) mass is 518 g/mol. The van der Waals surface area contributed by atoms with Crippen LogP contribution in [0.25, 0.3) is 10.8 Å². The van der Waals surface area contributed by atoms with Gasteiger partial charge in [-0.1, -0.05) is 42.5 Å². The fraction of sp³-hybridized carbons (Fsp3) is 0.423. The number of ether oxygens (including phenoxy) is 3. The summed E-state index contributed by atoms with van der Waals surface area (Å²) in [6.07, 6.45) is 0.100. The van der Waals surface area contributed by atoms with Gasteiger partial charge in [0.2, 0.25) is 7.44 Å². The third kappa shape index (κ3) is 7.38. The summed E-state index contributed by atoms with van der Waals surface area (Å²) in [4.78, 5) is 13.4. The van der Waals surface area contributed by atoms with E-state index in [1.54, 1.807) is 43.8 Å². The third-order valence-electron chi connectivity index (χ3n) is 5.55. The van der Waals surface area contributed by atoms with Gasteiger partial charge in [-0.2, -0.15) is 0 Å². The molecule has 9 heteroatoms. The van der Waals surface area contributed by atoms with Crippen molar-refractivity contribution < 1.29 is 23.6 Å². The SMILES string of the molecule is COCP(=O)(N[C@@H](C)C(=O)OC(C)C)N(C)CC[C@H](Oc1cccc2ccccc12)c1cccs1. The molecule has 0 fully saturated rings. The van der Waals surface area contributed by atoms with E-state index in [1.165, 1.54) is 7.11 Å². The van der Waals surface area contributed by atoms with Crippen molar-refractivity contribution in [2.45, 2.75) is 45.4 Å². The molecule has 190 valence electrons. The maximum absolute atomic E-state index is 13.8. The summed E-state index contributed by atoms with van der Waals surface area (Å²) in [5, 5.41) is 7.17. The zero-order valence-electron chi connectivity index (χ0n) is 21.0. The number of nitrogens with zero attached hydrogens (tertiary/aromatic N) is 1. The van der Waals surface area contributed by atoms with Gasteiger partial charge >= 0.3 is 5.97 Å². The Morgan fingerprint density at radius 3 is 2.51 bits per heavy atom. The Bertz CT molecular complexity index is 1130. The molecule has 7 nitrogen and oxygen atoms in total. The molecule has 3 aromatic rings. The van der Waals surface area contributed by atoms with Gasteiger partial charge in [0.15, 0.2) is 0 Å². The van der Waals surface area contributed by atoms with Gasteiger partial charge in [0.25, 0.3) is 0 Å². The zero-order chi connectivity index (χ0) is 25.4. The molecule has 0 amide bonds. The summed E-state index contributed by atoms with van der Waals surface area (Å²) >= 11 is 1.63. The fourth-order valence-electron chi connectivity index (χ4n) is 3.75. The number of benzene rings is 2. The molecule has 35 heavy (non-hydrogen) atoms. The highest BCUT2D eigenvalue weighted by Crippen LogP contribution is 2.45. The van der Waals surface area contributed by atoms with Crippen molar-refractivity contribution in [3.8, 4) is 5.75 Å². The molecule has 1 aromatic heterocycles. The first-order chi connectivity index (χ1) is 16.7. The Morgan fingerprint density at radius 2 is 1.83 bits per heavy atom. The smallest absolute Gasteiger partial charge is 0.323 e. The molecule has 0 aliphatic rings. The summed E-state index contributed by atoms with van der Waals surface area (Å²) < 4.78 is 32.6. The van der Waals surface area contributed by atoms with E-state index >= 15 is 0 Å². The molecule has 1 heterocycles. The Labute approximate surface area is 211 Å². The second-order valence-electron chi connectivity index (χ2n) is 8.72. The molecule has 0 bridgehead atoms. The topological polar surface area (TPSA) is 77.1 Å². The summed E-state index contributed by atoms with van der Waals surface area (Å²) in [5.41, 5.74) is 0. The van der Waals surface area contributed by atoms with Crippen molar-refractivity contribution >= 4 is 35.5 Å². The largest absolute Gasteiger partial charge is 0.484 e. The third-order valence-corrected chi connectivity index (χ3v) is 9.22. The van der Waals surface area contributed by atoms with Crippen molar-refractivity contribution in [2.75, 3.05) is 27.1 Å². The molecule has 3 atom stereocenters. The van der Waals surface area contributed by atoms with E-state index in [0.29, 0.717) is 13.0 Å². The van der Waals surface area contributed by atoms with Crippen LogP contribution >= 0.6 is 18.8 Å². The molecule has 0 saturated carbocycles. The summed E-state index contributed by atoms with van der Waals surface area (Å²) in [7, 11) is 0.0615. The average molecular weight is 519 g/mol. The molecule has 0 spiro atoms. The van der Waals surface area contributed by atoms with Crippen LogP contribution in [-0.4, -0.2) is 49.8 Å². The van der Waals surface area contributed by atoms with Gasteiger partial charge in [0.1, 0.15) is 24.2 Å². The minimum Gasteiger partial charge on any atom is -0.484 e. The van der Waals surface area contributed by atoms with E-state index in [2.05, 4.69) is 29.4 Å². The molecule has 0 radical (unpaired) electrons. The number of fused-ring (bicyclic) bond motifs is 1. The Balaban J connectivity index is 1.75. The molecule has 3 rings (SSSR count). The lowest BCUT2D eigenvalue weighted by Gasteiger charge is -2.31. The summed E-state index contributed by atoms with van der Waals surface area (Å²) in [6.45, 7) is 5.68. The quantitative estimate of drug-likeness (QED) is 0.217. The minimum atomic E-state index is -3.21. The number of carbonyl (C=O) groups is 1. The van der Waals surface area contributed by atoms with Crippen LogP contribution in [0, 0.1) is 0 Å². The Hall–Kier alpha value is -2.22. The number of hydrogen-bond donors (Lipinski definition) is 1. The lowest BCUT2D eigenvalue weighted by molar-refractivity contribution is -0.149. The second kappa shape index (κ2) is 12.7. The van der Waals surface area contributed by atoms with Gasteiger partial charge in [-0.25, -0.2) is 9.76 Å². The Kier molecular flexibility index (Phi) is 9.89. The van der Waals surface area contributed by atoms with E-state index in [0.717, 1.165) is 21.4 Å². The Morgan fingerprint density at radius 1 is 1.09 bits per heavy atom. The number of carbonyl (C=O) groups excluding carboxylic acids is 1. The predicted molar refractivity (Wildman–Crippen MR) is 142 cm³/mol. The minimum absolute atomic E-state index is 0.0311. The number of hydrogen-bond acceptors (Lipinski definition) is 6. The standard InChI is InChI=1S/C26H35N2O5PS/c1-19(2)32-26(29)20(3)27-34(30,18-31-5)28(4)16-15-24(25-14-9-17-35-25)33-23-13-8-11-21-10-6-7-12-22(21)23/h6-14,17,19-20,24H,15-16,18H2,1-5H3,(H,27,30)/t20-,24-,34?/m0/s1. The number of methoxy groups -OCH3 is 1. The van der Waals surface area contributed by atoms with E-state index in [4.69, 9.17) is 14.2 Å². The average Bonchev–Trinajstić information content (AvgIpc) is 3.36. The molecular weight excluding hydrogens is 483 g/mol. The molecule has 0 saturated heterocycles. The molecular formula is C26H35N2O5PS. The van der Waals surface area contributed by atoms with E-state index in [1.807, 2.05) is 35.7 Å². The van der Waals surface area contributed by atoms with Crippen molar-refractivity contribution in [3.05, 3.63) is 64.9 Å². The van der Waals surface area contributed by atoms with Crippen molar-refractivity contribution in [1.82, 2.24) is 9.76 Å².